The Hall–Kier alpha value is -1.66. The van der Waals surface area contributed by atoms with Crippen molar-refractivity contribution in [2.75, 3.05) is 4.90 Å². The molecule has 0 spiro atoms. The number of para-hydroxylation sites is 1. The summed E-state index contributed by atoms with van der Waals surface area (Å²) in [5, 5.41) is 0.579. The molecule has 1 aromatic heterocycles. The predicted octanol–water partition coefficient (Wildman–Crippen LogP) is 4.40. The molecule has 0 amide bonds. The zero-order valence-corrected chi connectivity index (χ0v) is 16.2. The predicted molar refractivity (Wildman–Crippen MR) is 104 cm³/mol. The van der Waals surface area contributed by atoms with Gasteiger partial charge < -0.3 is 9.88 Å². The lowest BCUT2D eigenvalue weighted by atomic mass is 10.1. The van der Waals surface area contributed by atoms with E-state index in [1.165, 1.54) is 11.3 Å². The average Bonchev–Trinajstić information content (AvgIpc) is 2.85. The number of benzene rings is 2. The van der Waals surface area contributed by atoms with Gasteiger partial charge in [0.1, 0.15) is 5.82 Å². The van der Waals surface area contributed by atoms with Gasteiger partial charge in [-0.15, -0.1) is 0 Å². The monoisotopic (exact) mass is 447 g/mol. The number of fused-ring (bicyclic) bond motifs is 2. The van der Waals surface area contributed by atoms with Gasteiger partial charge in [0.25, 0.3) is 5.56 Å². The summed E-state index contributed by atoms with van der Waals surface area (Å²) < 4.78 is 1.66. The highest BCUT2D eigenvalue weighted by Gasteiger charge is 2.26. The van der Waals surface area contributed by atoms with Gasteiger partial charge in [0.15, 0.2) is 0 Å². The Bertz CT molecular complexity index is 999. The molecule has 4 rings (SSSR count). The van der Waals surface area contributed by atoms with Gasteiger partial charge in [0, 0.05) is 20.7 Å². The lowest BCUT2D eigenvalue weighted by Gasteiger charge is -2.24. The van der Waals surface area contributed by atoms with Crippen molar-refractivity contribution in [1.29, 1.82) is 0 Å². The molecule has 2 aromatic carbocycles. The number of halogens is 2. The highest BCUT2D eigenvalue weighted by atomic mass is 79.9. The van der Waals surface area contributed by atoms with E-state index in [1.54, 1.807) is 6.07 Å². The minimum Gasteiger partial charge on any atom is -0.361 e. The molecule has 2 heterocycles. The van der Waals surface area contributed by atoms with Crippen LogP contribution in [0.5, 0.6) is 0 Å². The Balaban J connectivity index is 1.77. The van der Waals surface area contributed by atoms with Crippen molar-refractivity contribution in [2.45, 2.75) is 25.9 Å². The third-order valence-corrected chi connectivity index (χ3v) is 5.51. The molecule has 0 bridgehead atoms. The number of hydrogen-bond donors (Lipinski definition) is 1. The quantitative estimate of drug-likeness (QED) is 0.632. The molecule has 24 heavy (non-hydrogen) atoms. The summed E-state index contributed by atoms with van der Waals surface area (Å²) in [4.78, 5) is 22.4. The van der Waals surface area contributed by atoms with Crippen LogP contribution >= 0.6 is 31.9 Å². The average molecular weight is 449 g/mol. The first kappa shape index (κ1) is 15.8. The lowest BCUT2D eigenvalue weighted by molar-refractivity contribution is 0.655. The normalized spacial score (nSPS) is 16.6. The molecule has 0 aliphatic carbocycles. The van der Waals surface area contributed by atoms with Crippen LogP contribution < -0.4 is 10.5 Å². The van der Waals surface area contributed by atoms with Crippen molar-refractivity contribution in [3.63, 3.8) is 0 Å². The maximum atomic E-state index is 12.4. The van der Waals surface area contributed by atoms with Gasteiger partial charge in [0.2, 0.25) is 0 Å². The highest BCUT2D eigenvalue weighted by molar-refractivity contribution is 9.11. The number of hydrogen-bond acceptors (Lipinski definition) is 3. The van der Waals surface area contributed by atoms with Gasteiger partial charge >= 0.3 is 0 Å². The van der Waals surface area contributed by atoms with Gasteiger partial charge in [-0.3, -0.25) is 4.79 Å². The van der Waals surface area contributed by atoms with Crippen LogP contribution in [-0.2, 0) is 13.0 Å². The fraction of sp³-hybridized carbons (Fsp3) is 0.222. The summed E-state index contributed by atoms with van der Waals surface area (Å²) in [6, 6.07) is 12.5. The second kappa shape index (κ2) is 6.01. The minimum atomic E-state index is -0.114. The highest BCUT2D eigenvalue weighted by Crippen LogP contribution is 2.33. The molecular formula is C18H15Br2N3O. The molecule has 0 radical (unpaired) electrons. The summed E-state index contributed by atoms with van der Waals surface area (Å²) in [7, 11) is 0. The Morgan fingerprint density at radius 3 is 2.92 bits per heavy atom. The van der Waals surface area contributed by atoms with Gasteiger partial charge in [-0.25, -0.2) is 4.98 Å². The molecule has 0 saturated carbocycles. The first-order valence-electron chi connectivity index (χ1n) is 7.75. The standard InChI is InChI=1S/C18H15Br2N3O/c1-10-6-11-4-2-3-5-15(11)23(10)9-16-21-17-13(18(24)22-16)7-12(19)8-14(17)20/h2-5,7-8,10H,6,9H2,1H3,(H,21,22,24). The van der Waals surface area contributed by atoms with Crippen molar-refractivity contribution in [3.05, 3.63) is 67.1 Å². The van der Waals surface area contributed by atoms with Gasteiger partial charge in [0.05, 0.1) is 17.4 Å². The number of nitrogens with one attached hydrogen (secondary N) is 1. The molecule has 1 N–H and O–H groups in total. The first-order valence-corrected chi connectivity index (χ1v) is 9.34. The molecule has 1 aliphatic rings. The van der Waals surface area contributed by atoms with Crippen LogP contribution in [0.4, 0.5) is 5.69 Å². The van der Waals surface area contributed by atoms with E-state index in [4.69, 9.17) is 0 Å². The van der Waals surface area contributed by atoms with Gasteiger partial charge in [-0.05, 0) is 53.0 Å². The molecule has 3 aromatic rings. The summed E-state index contributed by atoms with van der Waals surface area (Å²) in [5.41, 5.74) is 3.15. The Labute approximate surface area is 156 Å². The van der Waals surface area contributed by atoms with Crippen molar-refractivity contribution >= 4 is 48.5 Å². The maximum absolute atomic E-state index is 12.4. The molecule has 1 aliphatic heterocycles. The third-order valence-electron chi connectivity index (χ3n) is 4.45. The Kier molecular flexibility index (Phi) is 3.96. The molecule has 4 nitrogen and oxygen atoms in total. The van der Waals surface area contributed by atoms with Crippen molar-refractivity contribution < 1.29 is 0 Å². The van der Waals surface area contributed by atoms with Crippen molar-refractivity contribution in [2.24, 2.45) is 0 Å². The number of aromatic nitrogens is 2. The van der Waals surface area contributed by atoms with Crippen LogP contribution in [-0.4, -0.2) is 16.0 Å². The van der Waals surface area contributed by atoms with Gasteiger partial charge in [-0.1, -0.05) is 34.1 Å². The number of anilines is 1. The van der Waals surface area contributed by atoms with Crippen molar-refractivity contribution in [3.8, 4) is 0 Å². The first-order chi connectivity index (χ1) is 11.5. The number of rotatable bonds is 2. The zero-order chi connectivity index (χ0) is 16.8. The topological polar surface area (TPSA) is 49.0 Å². The largest absolute Gasteiger partial charge is 0.361 e. The number of H-pyrrole nitrogens is 1. The van der Waals surface area contributed by atoms with E-state index < -0.39 is 0 Å². The van der Waals surface area contributed by atoms with Crippen molar-refractivity contribution in [1.82, 2.24) is 9.97 Å². The van der Waals surface area contributed by atoms with E-state index in [9.17, 15) is 4.79 Å². The Morgan fingerprint density at radius 2 is 2.08 bits per heavy atom. The summed E-state index contributed by atoms with van der Waals surface area (Å²) in [5.74, 6) is 0.680. The van der Waals surface area contributed by atoms with E-state index in [-0.39, 0.29) is 5.56 Å². The molecule has 6 heteroatoms. The number of aromatic amines is 1. The van der Waals surface area contributed by atoms with Crippen LogP contribution in [0, 0.1) is 0 Å². The fourth-order valence-corrected chi connectivity index (χ4v) is 4.63. The summed E-state index contributed by atoms with van der Waals surface area (Å²) in [6.45, 7) is 2.79. The third kappa shape index (κ3) is 2.67. The molecule has 0 fully saturated rings. The fourth-order valence-electron chi connectivity index (χ4n) is 3.32. The van der Waals surface area contributed by atoms with Gasteiger partial charge in [-0.2, -0.15) is 0 Å². The van der Waals surface area contributed by atoms with E-state index in [2.05, 4.69) is 77.9 Å². The zero-order valence-electron chi connectivity index (χ0n) is 13.0. The SMILES string of the molecule is CC1Cc2ccccc2N1Cc1nc2c(Br)cc(Br)cc2c(=O)[nH]1. The molecule has 1 atom stereocenters. The van der Waals surface area contributed by atoms with Crippen LogP contribution in [0.2, 0.25) is 0 Å². The smallest absolute Gasteiger partial charge is 0.258 e. The molecule has 1 unspecified atom stereocenters. The minimum absolute atomic E-state index is 0.114. The van der Waals surface area contributed by atoms with E-state index >= 15 is 0 Å². The van der Waals surface area contributed by atoms with Crippen LogP contribution in [0.25, 0.3) is 10.9 Å². The molecule has 0 saturated heterocycles. The van der Waals surface area contributed by atoms with E-state index in [0.717, 1.165) is 15.4 Å². The molecular weight excluding hydrogens is 434 g/mol. The summed E-state index contributed by atoms with van der Waals surface area (Å²) >= 11 is 6.92. The second-order valence-corrected chi connectivity index (χ2v) is 7.88. The van der Waals surface area contributed by atoms with Crippen LogP contribution in [0.3, 0.4) is 0 Å². The molecule has 122 valence electrons. The van der Waals surface area contributed by atoms with E-state index in [0.29, 0.717) is 29.3 Å². The lowest BCUT2D eigenvalue weighted by Crippen LogP contribution is -2.30. The van der Waals surface area contributed by atoms with E-state index in [1.807, 2.05) is 6.07 Å². The second-order valence-electron chi connectivity index (χ2n) is 6.11. The van der Waals surface area contributed by atoms with Crippen LogP contribution in [0.15, 0.2) is 50.1 Å². The summed E-state index contributed by atoms with van der Waals surface area (Å²) in [6.07, 6.45) is 1.02. The van der Waals surface area contributed by atoms with Crippen LogP contribution in [0.1, 0.15) is 18.3 Å². The Morgan fingerprint density at radius 1 is 1.29 bits per heavy atom. The maximum Gasteiger partial charge on any atom is 0.258 e. The number of nitrogens with zero attached hydrogens (tertiary/aromatic N) is 2.